The molecule has 106 valence electrons. The number of hydrogen-bond acceptors (Lipinski definition) is 3. The van der Waals surface area contributed by atoms with Crippen LogP contribution >= 0.6 is 0 Å². The number of benzene rings is 2. The van der Waals surface area contributed by atoms with Gasteiger partial charge in [-0.15, -0.1) is 0 Å². The van der Waals surface area contributed by atoms with E-state index in [-0.39, 0.29) is 5.56 Å². The van der Waals surface area contributed by atoms with E-state index in [0.717, 1.165) is 27.4 Å². The van der Waals surface area contributed by atoms with E-state index in [1.807, 2.05) is 30.3 Å². The van der Waals surface area contributed by atoms with E-state index in [9.17, 15) is 9.90 Å². The van der Waals surface area contributed by atoms with Gasteiger partial charge in [0, 0.05) is 22.5 Å². The van der Waals surface area contributed by atoms with E-state index in [2.05, 4.69) is 15.2 Å². The summed E-state index contributed by atoms with van der Waals surface area (Å²) < 4.78 is 0. The lowest BCUT2D eigenvalue weighted by molar-refractivity contribution is 0.0697. The van der Waals surface area contributed by atoms with Gasteiger partial charge in [0.25, 0.3) is 0 Å². The van der Waals surface area contributed by atoms with Gasteiger partial charge in [0.05, 0.1) is 16.6 Å². The van der Waals surface area contributed by atoms with Gasteiger partial charge in [-0.05, 0) is 24.3 Å². The first kappa shape index (κ1) is 12.5. The summed E-state index contributed by atoms with van der Waals surface area (Å²) in [6.07, 6.45) is 1.74. The van der Waals surface area contributed by atoms with Crippen molar-refractivity contribution >= 4 is 27.8 Å². The van der Waals surface area contributed by atoms with E-state index in [1.165, 1.54) is 0 Å². The molecule has 5 heteroatoms. The van der Waals surface area contributed by atoms with Crippen molar-refractivity contribution < 1.29 is 9.90 Å². The average Bonchev–Trinajstić information content (AvgIpc) is 2.97. The molecular formula is C17H11N3O2. The summed E-state index contributed by atoms with van der Waals surface area (Å²) in [4.78, 5) is 15.6. The van der Waals surface area contributed by atoms with Gasteiger partial charge >= 0.3 is 5.97 Å². The normalized spacial score (nSPS) is 11.1. The van der Waals surface area contributed by atoms with Gasteiger partial charge in [-0.3, -0.25) is 10.1 Å². The molecule has 2 aromatic carbocycles. The molecule has 0 aliphatic heterocycles. The number of nitrogens with zero attached hydrogens (tertiary/aromatic N) is 2. The number of carboxylic acid groups (broad SMARTS) is 1. The first-order chi connectivity index (χ1) is 10.7. The van der Waals surface area contributed by atoms with Gasteiger partial charge in [0.2, 0.25) is 0 Å². The minimum Gasteiger partial charge on any atom is -0.478 e. The maximum atomic E-state index is 11.2. The molecule has 4 rings (SSSR count). The number of aromatic nitrogens is 3. The molecule has 0 fully saturated rings. The SMILES string of the molecule is O=C(O)c1ccc2[nH]nc(-c3cccc4cccnc34)c2c1. The fourth-order valence-corrected chi connectivity index (χ4v) is 2.65. The third kappa shape index (κ3) is 1.83. The highest BCUT2D eigenvalue weighted by atomic mass is 16.4. The number of carboxylic acids is 1. The Hall–Kier alpha value is -3.21. The molecule has 2 aromatic heterocycles. The number of carbonyl (C=O) groups is 1. The molecule has 0 saturated heterocycles. The number of H-pyrrole nitrogens is 1. The van der Waals surface area contributed by atoms with Crippen LogP contribution < -0.4 is 0 Å². The van der Waals surface area contributed by atoms with Crippen LogP contribution in [0.3, 0.4) is 0 Å². The minimum atomic E-state index is -0.954. The second-order valence-electron chi connectivity index (χ2n) is 5.02. The van der Waals surface area contributed by atoms with E-state index in [1.54, 1.807) is 24.4 Å². The maximum absolute atomic E-state index is 11.2. The molecule has 5 nitrogen and oxygen atoms in total. The Balaban J connectivity index is 2.04. The number of nitrogens with one attached hydrogen (secondary N) is 1. The van der Waals surface area contributed by atoms with Gasteiger partial charge in [-0.1, -0.05) is 24.3 Å². The van der Waals surface area contributed by atoms with Crippen LogP contribution in [0.5, 0.6) is 0 Å². The number of aromatic carboxylic acids is 1. The number of rotatable bonds is 2. The van der Waals surface area contributed by atoms with Gasteiger partial charge in [-0.25, -0.2) is 4.79 Å². The standard InChI is InChI=1S/C17H11N3O2/c21-17(22)11-6-7-14-13(9-11)16(20-19-14)12-5-1-3-10-4-2-8-18-15(10)12/h1-9H,(H,19,20)(H,21,22). The van der Waals surface area contributed by atoms with Gasteiger partial charge in [0.1, 0.15) is 5.69 Å². The highest BCUT2D eigenvalue weighted by Gasteiger charge is 2.13. The van der Waals surface area contributed by atoms with Crippen molar-refractivity contribution in [3.8, 4) is 11.3 Å². The first-order valence-electron chi connectivity index (χ1n) is 6.79. The average molecular weight is 289 g/mol. The van der Waals surface area contributed by atoms with Gasteiger partial charge in [0.15, 0.2) is 0 Å². The van der Waals surface area contributed by atoms with Crippen molar-refractivity contribution in [3.05, 3.63) is 60.3 Å². The number of aromatic amines is 1. The third-order valence-electron chi connectivity index (χ3n) is 3.70. The summed E-state index contributed by atoms with van der Waals surface area (Å²) in [5.41, 5.74) is 3.48. The molecule has 0 saturated carbocycles. The van der Waals surface area contributed by atoms with Crippen LogP contribution in [0.15, 0.2) is 54.7 Å². The molecule has 2 N–H and O–H groups in total. The molecule has 4 aromatic rings. The number of pyridine rings is 1. The first-order valence-corrected chi connectivity index (χ1v) is 6.79. The van der Waals surface area contributed by atoms with Crippen LogP contribution in [0.25, 0.3) is 33.1 Å². The van der Waals surface area contributed by atoms with Crippen molar-refractivity contribution in [2.45, 2.75) is 0 Å². The fourth-order valence-electron chi connectivity index (χ4n) is 2.65. The molecule has 0 aliphatic rings. The lowest BCUT2D eigenvalue weighted by Crippen LogP contribution is -1.95. The molecule has 0 spiro atoms. The lowest BCUT2D eigenvalue weighted by atomic mass is 10.0. The molecular weight excluding hydrogens is 278 g/mol. The van der Waals surface area contributed by atoms with E-state index in [0.29, 0.717) is 5.69 Å². The quantitative estimate of drug-likeness (QED) is 0.592. The van der Waals surface area contributed by atoms with Gasteiger partial charge in [-0.2, -0.15) is 5.10 Å². The van der Waals surface area contributed by atoms with Crippen molar-refractivity contribution in [2.24, 2.45) is 0 Å². The number of hydrogen-bond donors (Lipinski definition) is 2. The summed E-state index contributed by atoms with van der Waals surface area (Å²) in [5, 5.41) is 18.3. The second-order valence-corrected chi connectivity index (χ2v) is 5.02. The fraction of sp³-hybridized carbons (Fsp3) is 0. The van der Waals surface area contributed by atoms with Crippen LogP contribution in [0.1, 0.15) is 10.4 Å². The van der Waals surface area contributed by atoms with Crippen LogP contribution in [-0.2, 0) is 0 Å². The van der Waals surface area contributed by atoms with Crippen molar-refractivity contribution in [3.63, 3.8) is 0 Å². The Morgan fingerprint density at radius 2 is 1.95 bits per heavy atom. The third-order valence-corrected chi connectivity index (χ3v) is 3.70. The van der Waals surface area contributed by atoms with Crippen LogP contribution in [0.2, 0.25) is 0 Å². The zero-order valence-corrected chi connectivity index (χ0v) is 11.4. The lowest BCUT2D eigenvalue weighted by Gasteiger charge is -2.03. The maximum Gasteiger partial charge on any atom is 0.335 e. The summed E-state index contributed by atoms with van der Waals surface area (Å²) in [6.45, 7) is 0. The Kier molecular flexibility index (Phi) is 2.66. The molecule has 2 heterocycles. The number of para-hydroxylation sites is 1. The molecule has 0 bridgehead atoms. The number of fused-ring (bicyclic) bond motifs is 2. The molecule has 0 atom stereocenters. The smallest absolute Gasteiger partial charge is 0.335 e. The summed E-state index contributed by atoms with van der Waals surface area (Å²) in [6, 6.07) is 14.7. The molecule has 0 radical (unpaired) electrons. The van der Waals surface area contributed by atoms with Crippen molar-refractivity contribution in [1.29, 1.82) is 0 Å². The largest absolute Gasteiger partial charge is 0.478 e. The van der Waals surface area contributed by atoms with Crippen molar-refractivity contribution in [2.75, 3.05) is 0 Å². The highest BCUT2D eigenvalue weighted by Crippen LogP contribution is 2.31. The molecule has 0 amide bonds. The van der Waals surface area contributed by atoms with E-state index in [4.69, 9.17) is 0 Å². The highest BCUT2D eigenvalue weighted by molar-refractivity contribution is 6.03. The van der Waals surface area contributed by atoms with Crippen LogP contribution in [-0.4, -0.2) is 26.3 Å². The minimum absolute atomic E-state index is 0.239. The predicted molar refractivity (Wildman–Crippen MR) is 83.8 cm³/mol. The Morgan fingerprint density at radius 1 is 1.09 bits per heavy atom. The zero-order chi connectivity index (χ0) is 15.1. The van der Waals surface area contributed by atoms with E-state index >= 15 is 0 Å². The van der Waals surface area contributed by atoms with Crippen LogP contribution in [0.4, 0.5) is 0 Å². The molecule has 22 heavy (non-hydrogen) atoms. The second kappa shape index (κ2) is 4.66. The summed E-state index contributed by atoms with van der Waals surface area (Å²) >= 11 is 0. The molecule has 0 aliphatic carbocycles. The topological polar surface area (TPSA) is 78.9 Å². The zero-order valence-electron chi connectivity index (χ0n) is 11.4. The van der Waals surface area contributed by atoms with Gasteiger partial charge < -0.3 is 5.11 Å². The Labute approximate surface area is 125 Å². The summed E-state index contributed by atoms with van der Waals surface area (Å²) in [5.74, 6) is -0.954. The summed E-state index contributed by atoms with van der Waals surface area (Å²) in [7, 11) is 0. The molecule has 0 unspecified atom stereocenters. The van der Waals surface area contributed by atoms with E-state index < -0.39 is 5.97 Å². The predicted octanol–water partition coefficient (Wildman–Crippen LogP) is 3.48. The Morgan fingerprint density at radius 3 is 2.82 bits per heavy atom. The van der Waals surface area contributed by atoms with Crippen molar-refractivity contribution in [1.82, 2.24) is 15.2 Å². The Bertz CT molecular complexity index is 1020. The monoisotopic (exact) mass is 289 g/mol. The van der Waals surface area contributed by atoms with Crippen LogP contribution in [0, 0.1) is 0 Å².